The van der Waals surface area contributed by atoms with Crippen molar-refractivity contribution in [3.63, 3.8) is 0 Å². The van der Waals surface area contributed by atoms with Gasteiger partial charge >= 0.3 is 68.9 Å². The third kappa shape index (κ3) is 28.4. The zero-order valence-corrected chi connectivity index (χ0v) is 87.5. The summed E-state index contributed by atoms with van der Waals surface area (Å²) in [6.07, 6.45) is 7.84. The molecular formula is C111H130BClIN2O17S3-. The van der Waals surface area contributed by atoms with Crippen LogP contribution < -0.4 is 55.1 Å². The van der Waals surface area contributed by atoms with Gasteiger partial charge in [0.25, 0.3) is 0 Å². The van der Waals surface area contributed by atoms with E-state index < -0.39 is 47.1 Å². The quantitative estimate of drug-likeness (QED) is 0.0209. The minimum atomic E-state index is -1.12. The number of ether oxygens (including phenoxy) is 11. The van der Waals surface area contributed by atoms with Crippen molar-refractivity contribution < 1.29 is 102 Å². The van der Waals surface area contributed by atoms with Crippen LogP contribution in [0.4, 0.5) is 0 Å². The molecule has 1 N–H and O–H groups in total. The van der Waals surface area contributed by atoms with Crippen molar-refractivity contribution in [3.05, 3.63) is 276 Å². The van der Waals surface area contributed by atoms with Crippen LogP contribution in [0.2, 0.25) is 4.34 Å². The summed E-state index contributed by atoms with van der Waals surface area (Å²) >= 11 is 11.9. The number of alkyl halides is 2. The molecule has 0 bridgehead atoms. The number of carboxylic acids is 1. The van der Waals surface area contributed by atoms with Gasteiger partial charge in [0.1, 0.15) is 47.2 Å². The number of carbonyl (C=O) groups excluding carboxylic acids is 2. The molecular weight excluding hydrogens is 1900 g/mol. The molecule has 0 saturated carbocycles. The average Bonchev–Trinajstić information content (AvgIpc) is 1.61. The van der Waals surface area contributed by atoms with E-state index in [4.69, 9.17) is 73.0 Å². The smallest absolute Gasteiger partial charge is 0.340 e. The molecule has 19 nitrogen and oxygen atoms in total. The Balaban J connectivity index is 0.000000164. The number of aryl methyl sites for hydroxylation is 6. The predicted molar refractivity (Wildman–Crippen MR) is 544 cm³/mol. The maximum atomic E-state index is 13.4. The van der Waals surface area contributed by atoms with Gasteiger partial charge in [-0.25, -0.2) is 24.4 Å². The maximum absolute atomic E-state index is 13.4. The second-order valence-electron chi connectivity index (χ2n) is 37.5. The Morgan fingerprint density at radius 1 is 0.463 bits per heavy atom. The zero-order chi connectivity index (χ0) is 97.7. The first-order valence-corrected chi connectivity index (χ1v) is 53.2. The second kappa shape index (κ2) is 48.1. The molecule has 4 aliphatic rings. The molecule has 16 rings (SSSR count). The van der Waals surface area contributed by atoms with Gasteiger partial charge in [0.05, 0.1) is 61.0 Å². The Bertz CT molecular complexity index is 5960. The zero-order valence-electron chi connectivity index (χ0n) is 82.1. The molecule has 3 unspecified atom stereocenters. The number of thiophene rings is 3. The first kappa shape index (κ1) is 105. The second-order valence-corrected chi connectivity index (χ2v) is 44.4. The van der Waals surface area contributed by atoms with E-state index in [2.05, 4.69) is 85.9 Å². The monoisotopic (exact) mass is 2030 g/mol. The van der Waals surface area contributed by atoms with Gasteiger partial charge in [0.2, 0.25) is 11.8 Å². The summed E-state index contributed by atoms with van der Waals surface area (Å²) in [5.41, 5.74) is 15.1. The van der Waals surface area contributed by atoms with Crippen LogP contribution in [0.1, 0.15) is 219 Å². The van der Waals surface area contributed by atoms with E-state index >= 15 is 0 Å². The summed E-state index contributed by atoms with van der Waals surface area (Å²) in [4.78, 5) is 54.9. The number of benzene rings is 7. The number of hydrogen-bond acceptors (Lipinski definition) is 21. The standard InChI is InChI=1S/C34H37NO5S.C32H33NO5S.C22H27ClO4S.C19H23BO3.C4H10I/c1-6-37-33(36)31(40-34(3,4)5)29-22(2)41-32(30(29)25-14-15-27-24(19-25)13-10-18-38-27)26-16-17-35-28(20-26)39-21-23-11-8-7-9-12-23;1-20-27(29(31(34)35)38-32(2,3)4)28(23-12-13-25-22(17-23)11-8-16-36-25)30(39-20)24-14-15-33-26(18-24)37-19-21-9-6-5-7-10-21;1-6-25-21(24)19(27-22(3,4)5)17-13(2)28-20(23)18(17)15-9-10-16-14(12-15)8-7-11-26-16;1-18(2)19(3,4)23-20(22-18)16-11-8-12-17(13-16)21-14-15-9-6-5-7-10-15;1-3-4-5-2/h7-9,11-12,14-17,19-20,31H,6,10,13,18,21H2,1-5H3;5-7,9-10,12-15,17-18,29H,8,11,16,19H2,1-4H3,(H,34,35);9-10,12,19H,6-8,11H2,1-5H3;5-13H,14H2,1-4H3;3-4H2,1-2H3/q;;;;-1. The number of esters is 2. The van der Waals surface area contributed by atoms with E-state index in [0.29, 0.717) is 75.9 Å². The van der Waals surface area contributed by atoms with Crippen molar-refractivity contribution in [2.24, 2.45) is 0 Å². The summed E-state index contributed by atoms with van der Waals surface area (Å²) in [5.74, 6) is 2.81. The minimum Gasteiger partial charge on any atom is -0.493 e. The van der Waals surface area contributed by atoms with Crippen LogP contribution in [-0.2, 0) is 86.5 Å². The van der Waals surface area contributed by atoms with E-state index in [-0.39, 0.29) is 30.9 Å². The predicted octanol–water partition coefficient (Wildman–Crippen LogP) is 23.5. The van der Waals surface area contributed by atoms with Crippen molar-refractivity contribution >= 4 is 76.1 Å². The van der Waals surface area contributed by atoms with Gasteiger partial charge < -0.3 is 66.5 Å². The van der Waals surface area contributed by atoms with Crippen molar-refractivity contribution in [2.45, 2.75) is 243 Å². The van der Waals surface area contributed by atoms with Gasteiger partial charge in [-0.2, -0.15) is 0 Å². The largest absolute Gasteiger partial charge is 0.493 e. The number of hydrogen-bond donors (Lipinski definition) is 1. The van der Waals surface area contributed by atoms with Crippen molar-refractivity contribution in [1.29, 1.82) is 0 Å². The molecule has 5 aromatic heterocycles. The summed E-state index contributed by atoms with van der Waals surface area (Å²) in [5, 5.41) is 10.3. The van der Waals surface area contributed by atoms with Gasteiger partial charge in [-0.3, -0.25) is 0 Å². The first-order chi connectivity index (χ1) is 64.9. The van der Waals surface area contributed by atoms with E-state index in [1.807, 2.05) is 248 Å². The van der Waals surface area contributed by atoms with Gasteiger partial charge in [-0.1, -0.05) is 133 Å². The number of aliphatic carboxylic acids is 1. The maximum Gasteiger partial charge on any atom is 0.340 e. The molecule has 1 saturated heterocycles. The van der Waals surface area contributed by atoms with Crippen LogP contribution >= 0.6 is 45.6 Å². The normalized spacial score (nSPS) is 14.7. The number of fused-ring (bicyclic) bond motifs is 3. The molecule has 9 heterocycles. The third-order valence-corrected chi connectivity index (χ3v) is 28.7. The fourth-order valence-electron chi connectivity index (χ4n) is 15.9. The van der Waals surface area contributed by atoms with Crippen molar-refractivity contribution in [1.82, 2.24) is 9.97 Å². The molecule has 0 spiro atoms. The van der Waals surface area contributed by atoms with Crippen LogP contribution in [-0.4, -0.2) is 110 Å². The topological polar surface area (TPSA) is 217 Å². The fraction of sp³-hybridized carbons (Fsp3) is 0.396. The summed E-state index contributed by atoms with van der Waals surface area (Å²) in [6.45, 7) is 41.5. The van der Waals surface area contributed by atoms with Gasteiger partial charge in [-0.05, 0) is 290 Å². The molecule has 4 aliphatic heterocycles. The summed E-state index contributed by atoms with van der Waals surface area (Å²) in [7, 11) is -0.361. The van der Waals surface area contributed by atoms with E-state index in [1.54, 1.807) is 42.0 Å². The molecule has 3 atom stereocenters. The van der Waals surface area contributed by atoms with Crippen LogP contribution in [0.15, 0.2) is 207 Å². The molecule has 25 heteroatoms. The number of halogens is 2. The van der Waals surface area contributed by atoms with Gasteiger partial charge in [-0.15, -0.1) is 34.0 Å². The Morgan fingerprint density at radius 2 is 0.838 bits per heavy atom. The van der Waals surface area contributed by atoms with Crippen molar-refractivity contribution in [2.75, 3.05) is 42.4 Å². The Labute approximate surface area is 831 Å². The fourth-order valence-corrected chi connectivity index (χ4v) is 20.9. The molecule has 1 fully saturated rings. The SMILES string of the molecule is CC1(C)OB(c2cccc(OCc3ccccc3)c2)OC1(C)C.CCC[I-]C.CCOC(=O)C(OC(C)(C)C)c1c(C)sc(-c2ccnc(OCc3ccccc3)c2)c1-c1ccc2c(c1)CCCO2.CCOC(=O)C(OC(C)(C)C)c1c(C)sc(Cl)c1-c1ccc2c(c1)CCCO2.Cc1sc(-c2ccnc(OCc3ccccc3)c2)c(-c2ccc3c(c2)CCCO3)c1C(OC(C)(C)C)C(=O)O. The summed E-state index contributed by atoms with van der Waals surface area (Å²) in [6, 6.07) is 64.4. The molecule has 12 aromatic rings. The number of carboxylic acid groups (broad SMARTS) is 1. The molecule has 136 heavy (non-hydrogen) atoms. The van der Waals surface area contributed by atoms with Crippen molar-refractivity contribution in [3.8, 4) is 89.0 Å². The first-order valence-electron chi connectivity index (χ1n) is 46.7. The molecule has 7 aromatic carbocycles. The molecule has 0 amide bonds. The van der Waals surface area contributed by atoms with Gasteiger partial charge in [0.15, 0.2) is 18.3 Å². The third-order valence-electron chi connectivity index (χ3n) is 22.8. The van der Waals surface area contributed by atoms with Crippen LogP contribution in [0.3, 0.4) is 0 Å². The number of carbonyl (C=O) groups is 3. The van der Waals surface area contributed by atoms with E-state index in [0.717, 1.165) is 182 Å². The molecule has 722 valence electrons. The summed E-state index contributed by atoms with van der Waals surface area (Å²) < 4.78 is 79.4. The minimum absolute atomic E-state index is 0.275. The number of pyridine rings is 2. The molecule has 0 radical (unpaired) electrons. The Hall–Kier alpha value is -9.97. The molecule has 0 aliphatic carbocycles. The van der Waals surface area contributed by atoms with Gasteiger partial charge in [0, 0.05) is 82.3 Å². The Kier molecular flexibility index (Phi) is 37.1. The Morgan fingerprint density at radius 3 is 1.21 bits per heavy atom. The van der Waals surface area contributed by atoms with E-state index in [1.165, 1.54) is 33.3 Å². The van der Waals surface area contributed by atoms with E-state index in [9.17, 15) is 19.5 Å². The number of nitrogens with zero attached hydrogens (tertiary/aromatic N) is 2. The van der Waals surface area contributed by atoms with Crippen LogP contribution in [0.25, 0.3) is 54.3 Å². The van der Waals surface area contributed by atoms with Crippen LogP contribution in [0, 0.1) is 20.8 Å². The average molecular weight is 2030 g/mol. The number of rotatable bonds is 28. The van der Waals surface area contributed by atoms with Crippen LogP contribution in [0.5, 0.6) is 34.8 Å². The number of aromatic nitrogens is 2.